The van der Waals surface area contributed by atoms with Crippen LogP contribution >= 0.6 is 0 Å². The van der Waals surface area contributed by atoms with E-state index in [1.807, 2.05) is 42.5 Å². The molecule has 0 heterocycles. The number of nitriles is 4. The van der Waals surface area contributed by atoms with Crippen LogP contribution in [-0.4, -0.2) is 0 Å². The molecular weight excluding hydrogens is 392 g/mol. The molecule has 0 saturated carbocycles. The highest BCUT2D eigenvalue weighted by atomic mass is 14.3. The van der Waals surface area contributed by atoms with Crippen molar-refractivity contribution in [2.45, 2.75) is 40.0 Å². The van der Waals surface area contributed by atoms with Gasteiger partial charge in [-0.1, -0.05) is 70.2 Å². The van der Waals surface area contributed by atoms with Crippen LogP contribution in [0.25, 0.3) is 32.7 Å². The molecule has 4 heteroatoms. The van der Waals surface area contributed by atoms with Crippen LogP contribution in [0.15, 0.2) is 42.5 Å². The van der Waals surface area contributed by atoms with Gasteiger partial charge in [0, 0.05) is 10.4 Å². The minimum Gasteiger partial charge on any atom is -0.192 e. The van der Waals surface area contributed by atoms with Gasteiger partial charge in [0.1, 0.15) is 35.4 Å². The minimum absolute atomic E-state index is 0.0172. The first-order valence-corrected chi connectivity index (χ1v) is 10.7. The fourth-order valence-corrected chi connectivity index (χ4v) is 4.54. The Balaban J connectivity index is 2.69. The van der Waals surface area contributed by atoms with Gasteiger partial charge in [0.25, 0.3) is 0 Å². The number of fused-ring (bicyclic) bond motifs is 2. The van der Waals surface area contributed by atoms with Gasteiger partial charge in [0.05, 0.1) is 0 Å². The van der Waals surface area contributed by atoms with Crippen molar-refractivity contribution >= 4 is 32.7 Å². The maximum atomic E-state index is 9.74. The Morgan fingerprint density at radius 2 is 1.16 bits per heavy atom. The molecular formula is C28H24N4. The highest BCUT2D eigenvalue weighted by molar-refractivity contribution is 6.05. The fraction of sp³-hybridized carbons (Fsp3) is 0.286. The van der Waals surface area contributed by atoms with E-state index in [1.54, 1.807) is 0 Å². The second-order valence-electron chi connectivity index (χ2n) is 8.78. The Bertz CT molecular complexity index is 1460. The van der Waals surface area contributed by atoms with E-state index in [-0.39, 0.29) is 11.1 Å². The fourth-order valence-electron chi connectivity index (χ4n) is 4.54. The van der Waals surface area contributed by atoms with Crippen molar-refractivity contribution in [3.05, 3.63) is 58.5 Å². The van der Waals surface area contributed by atoms with Crippen molar-refractivity contribution in [1.29, 1.82) is 21.0 Å². The first-order valence-electron chi connectivity index (χ1n) is 10.7. The summed E-state index contributed by atoms with van der Waals surface area (Å²) in [5.41, 5.74) is 1.17. The van der Waals surface area contributed by atoms with Crippen LogP contribution in [-0.2, 0) is 0 Å². The van der Waals surface area contributed by atoms with Crippen molar-refractivity contribution in [2.24, 2.45) is 11.8 Å². The molecule has 0 aromatic heterocycles. The highest BCUT2D eigenvalue weighted by Gasteiger charge is 2.19. The lowest BCUT2D eigenvalue weighted by Gasteiger charge is -2.24. The van der Waals surface area contributed by atoms with Gasteiger partial charge >= 0.3 is 0 Å². The largest absolute Gasteiger partial charge is 0.192 e. The summed E-state index contributed by atoms with van der Waals surface area (Å²) < 4.78 is 0. The Labute approximate surface area is 188 Å². The van der Waals surface area contributed by atoms with Crippen LogP contribution in [0.5, 0.6) is 0 Å². The van der Waals surface area contributed by atoms with Gasteiger partial charge in [-0.2, -0.15) is 21.0 Å². The number of rotatable bonds is 4. The molecule has 0 bridgehead atoms. The lowest BCUT2D eigenvalue weighted by atomic mass is 9.81. The zero-order chi connectivity index (χ0) is 23.4. The molecule has 0 aliphatic rings. The third-order valence-electron chi connectivity index (χ3n) is 5.95. The summed E-state index contributed by atoms with van der Waals surface area (Å²) in [4.78, 5) is 0. The van der Waals surface area contributed by atoms with Gasteiger partial charge in [0.15, 0.2) is 0 Å². The minimum atomic E-state index is 0.0172. The zero-order valence-electron chi connectivity index (χ0n) is 18.8. The Morgan fingerprint density at radius 3 is 1.59 bits per heavy atom. The van der Waals surface area contributed by atoms with Gasteiger partial charge < -0.3 is 0 Å². The Hall–Kier alpha value is -4.12. The Morgan fingerprint density at radius 1 is 0.688 bits per heavy atom. The van der Waals surface area contributed by atoms with Crippen LogP contribution in [0.1, 0.15) is 45.6 Å². The summed E-state index contributed by atoms with van der Waals surface area (Å²) in [6.07, 6.45) is 1.01. The number of nitrogens with zero attached hydrogens (tertiary/aromatic N) is 4. The zero-order valence-corrected chi connectivity index (χ0v) is 18.8. The molecule has 0 spiro atoms. The van der Waals surface area contributed by atoms with E-state index in [0.717, 1.165) is 17.4 Å². The maximum Gasteiger partial charge on any atom is 0.138 e. The molecule has 0 N–H and O–H groups in total. The molecule has 1 unspecified atom stereocenters. The standard InChI is InChI=1S/C28H24N4/c1-17(2)11-25(18(3)4)19-9-10-24-26(12-19)28(21(15-31)16-32)23-8-6-5-7-22(23)27(24)20(13-29)14-30/h5-10,12,17-18,25H,11H2,1-4H3. The maximum absolute atomic E-state index is 9.74. The van der Waals surface area contributed by atoms with E-state index < -0.39 is 0 Å². The predicted octanol–water partition coefficient (Wildman–Crippen LogP) is 5.17. The van der Waals surface area contributed by atoms with Crippen LogP contribution in [0.2, 0.25) is 0 Å². The molecule has 0 saturated heterocycles. The molecule has 0 aliphatic carbocycles. The highest BCUT2D eigenvalue weighted by Crippen LogP contribution is 2.32. The summed E-state index contributed by atoms with van der Waals surface area (Å²) >= 11 is 0. The molecule has 32 heavy (non-hydrogen) atoms. The first kappa shape index (κ1) is 22.6. The summed E-state index contributed by atoms with van der Waals surface area (Å²) in [5.74, 6) is 1.24. The molecule has 0 aliphatic heterocycles. The number of hydrogen-bond donors (Lipinski definition) is 0. The van der Waals surface area contributed by atoms with E-state index in [4.69, 9.17) is 0 Å². The van der Waals surface area contributed by atoms with E-state index in [1.165, 1.54) is 0 Å². The SMILES string of the molecule is CC(C)CC(c1ccc2c(=C(C#N)C#N)c3ccccc3c(=C(C#N)C#N)c2c1)C(C)C. The lowest BCUT2D eigenvalue weighted by Crippen LogP contribution is -2.19. The molecule has 0 radical (unpaired) electrons. The van der Waals surface area contributed by atoms with Gasteiger partial charge in [-0.05, 0) is 51.3 Å². The van der Waals surface area contributed by atoms with Crippen molar-refractivity contribution in [1.82, 2.24) is 0 Å². The first-order chi connectivity index (χ1) is 15.4. The molecule has 0 amide bonds. The van der Waals surface area contributed by atoms with E-state index in [2.05, 4.69) is 52.0 Å². The van der Waals surface area contributed by atoms with Gasteiger partial charge in [0.2, 0.25) is 0 Å². The quantitative estimate of drug-likeness (QED) is 0.548. The smallest absolute Gasteiger partial charge is 0.138 e. The number of hydrogen-bond acceptors (Lipinski definition) is 4. The van der Waals surface area contributed by atoms with Crippen molar-refractivity contribution in [2.75, 3.05) is 0 Å². The van der Waals surface area contributed by atoms with Gasteiger partial charge in [-0.15, -0.1) is 0 Å². The average molecular weight is 417 g/mol. The molecule has 3 aromatic rings. The second-order valence-corrected chi connectivity index (χ2v) is 8.78. The van der Waals surface area contributed by atoms with Crippen LogP contribution in [0.3, 0.4) is 0 Å². The van der Waals surface area contributed by atoms with Crippen molar-refractivity contribution < 1.29 is 0 Å². The van der Waals surface area contributed by atoms with E-state index >= 15 is 0 Å². The monoisotopic (exact) mass is 416 g/mol. The van der Waals surface area contributed by atoms with Crippen molar-refractivity contribution in [3.63, 3.8) is 0 Å². The molecule has 3 aromatic carbocycles. The predicted molar refractivity (Wildman–Crippen MR) is 127 cm³/mol. The van der Waals surface area contributed by atoms with E-state index in [0.29, 0.717) is 44.3 Å². The average Bonchev–Trinajstić information content (AvgIpc) is 2.79. The van der Waals surface area contributed by atoms with Crippen LogP contribution in [0, 0.1) is 57.2 Å². The second kappa shape index (κ2) is 9.35. The normalized spacial score (nSPS) is 11.6. The summed E-state index contributed by atoms with van der Waals surface area (Å²) in [6, 6.07) is 21.6. The molecule has 1 atom stereocenters. The molecule has 0 fully saturated rings. The summed E-state index contributed by atoms with van der Waals surface area (Å²) in [6.45, 7) is 8.80. The third kappa shape index (κ3) is 3.93. The Kier molecular flexibility index (Phi) is 6.59. The molecule has 4 nitrogen and oxygen atoms in total. The van der Waals surface area contributed by atoms with Crippen LogP contribution < -0.4 is 10.4 Å². The van der Waals surface area contributed by atoms with Gasteiger partial charge in [-0.25, -0.2) is 0 Å². The topological polar surface area (TPSA) is 95.2 Å². The summed E-state index contributed by atoms with van der Waals surface area (Å²) in [5, 5.41) is 42.7. The lowest BCUT2D eigenvalue weighted by molar-refractivity contribution is 0.408. The van der Waals surface area contributed by atoms with Crippen molar-refractivity contribution in [3.8, 4) is 24.3 Å². The number of benzene rings is 3. The van der Waals surface area contributed by atoms with Crippen LogP contribution in [0.4, 0.5) is 0 Å². The third-order valence-corrected chi connectivity index (χ3v) is 5.95. The van der Waals surface area contributed by atoms with E-state index in [9.17, 15) is 21.0 Å². The molecule has 156 valence electrons. The summed E-state index contributed by atoms with van der Waals surface area (Å²) in [7, 11) is 0. The molecule has 3 rings (SSSR count). The van der Waals surface area contributed by atoms with Gasteiger partial charge in [-0.3, -0.25) is 0 Å².